The van der Waals surface area contributed by atoms with Crippen LogP contribution in [-0.4, -0.2) is 78.4 Å². The topological polar surface area (TPSA) is 70.1 Å². The van der Waals surface area contributed by atoms with Crippen LogP contribution in [0.4, 0.5) is 13.2 Å². The molecule has 3 heterocycles. The molecule has 1 aromatic carbocycles. The van der Waals surface area contributed by atoms with Crippen LogP contribution in [0.1, 0.15) is 24.8 Å². The smallest absolute Gasteiger partial charge is 0.475 e. The molecular weight excluding hydrogens is 413 g/mol. The lowest BCUT2D eigenvalue weighted by Gasteiger charge is -2.35. The molecule has 3 fully saturated rings. The van der Waals surface area contributed by atoms with Gasteiger partial charge in [-0.3, -0.25) is 4.79 Å². The van der Waals surface area contributed by atoms with Crippen molar-refractivity contribution >= 4 is 11.9 Å². The number of benzene rings is 1. The number of alkyl halides is 3. The van der Waals surface area contributed by atoms with Crippen LogP contribution >= 0.6 is 0 Å². The summed E-state index contributed by atoms with van der Waals surface area (Å²) < 4.78 is 37.5. The number of piperidine rings is 1. The predicted octanol–water partition coefficient (Wildman–Crippen LogP) is 2.82. The summed E-state index contributed by atoms with van der Waals surface area (Å²) >= 11 is 0. The Kier molecular flexibility index (Phi) is 7.94. The number of carboxylic acids is 1. The summed E-state index contributed by atoms with van der Waals surface area (Å²) in [6.07, 6.45) is -0.441. The Balaban J connectivity index is 0.000000339. The summed E-state index contributed by atoms with van der Waals surface area (Å²) in [6, 6.07) is 10.1. The summed E-state index contributed by atoms with van der Waals surface area (Å²) in [5.74, 6) is -1.11. The van der Waals surface area contributed by atoms with Gasteiger partial charge in [0, 0.05) is 32.8 Å². The highest BCUT2D eigenvalue weighted by Gasteiger charge is 2.39. The minimum absolute atomic E-state index is 0.293. The molecule has 9 heteroatoms. The SMILES string of the molecule is O=C(Cc1ccccc1)N1C[C@H]2CN(CC3CCCO3)CC[C@H]2C1.O=C(O)C(F)(F)F. The molecule has 3 saturated heterocycles. The first-order valence-electron chi connectivity index (χ1n) is 10.7. The zero-order valence-corrected chi connectivity index (χ0v) is 17.4. The molecule has 1 unspecified atom stereocenters. The van der Waals surface area contributed by atoms with E-state index in [0.717, 1.165) is 38.3 Å². The van der Waals surface area contributed by atoms with Gasteiger partial charge < -0.3 is 19.6 Å². The summed E-state index contributed by atoms with van der Waals surface area (Å²) in [6.45, 7) is 6.23. The summed E-state index contributed by atoms with van der Waals surface area (Å²) in [5, 5.41) is 7.12. The van der Waals surface area contributed by atoms with Gasteiger partial charge in [-0.05, 0) is 43.2 Å². The molecule has 1 aromatic rings. The number of carbonyl (C=O) groups is 2. The van der Waals surface area contributed by atoms with Gasteiger partial charge in [0.1, 0.15) is 0 Å². The lowest BCUT2D eigenvalue weighted by atomic mass is 9.88. The van der Waals surface area contributed by atoms with Crippen LogP contribution in [0.3, 0.4) is 0 Å². The Morgan fingerprint density at radius 2 is 1.74 bits per heavy atom. The van der Waals surface area contributed by atoms with Gasteiger partial charge in [0.2, 0.25) is 5.91 Å². The third-order valence-electron chi connectivity index (χ3n) is 6.16. The Labute approximate surface area is 180 Å². The molecule has 172 valence electrons. The van der Waals surface area contributed by atoms with E-state index in [4.69, 9.17) is 14.6 Å². The number of aliphatic carboxylic acids is 1. The van der Waals surface area contributed by atoms with E-state index in [1.807, 2.05) is 30.3 Å². The van der Waals surface area contributed by atoms with Crippen molar-refractivity contribution in [2.24, 2.45) is 11.8 Å². The molecule has 3 aliphatic heterocycles. The van der Waals surface area contributed by atoms with Crippen molar-refractivity contribution in [3.05, 3.63) is 35.9 Å². The van der Waals surface area contributed by atoms with Gasteiger partial charge in [0.15, 0.2) is 0 Å². The van der Waals surface area contributed by atoms with Crippen molar-refractivity contribution < 1.29 is 32.6 Å². The van der Waals surface area contributed by atoms with Crippen molar-refractivity contribution in [3.63, 3.8) is 0 Å². The van der Waals surface area contributed by atoms with Gasteiger partial charge in [-0.15, -0.1) is 0 Å². The normalized spacial score (nSPS) is 26.2. The van der Waals surface area contributed by atoms with Gasteiger partial charge in [-0.1, -0.05) is 30.3 Å². The Morgan fingerprint density at radius 3 is 2.35 bits per heavy atom. The minimum Gasteiger partial charge on any atom is -0.475 e. The first-order chi connectivity index (χ1) is 14.7. The van der Waals surface area contributed by atoms with E-state index < -0.39 is 12.1 Å². The maximum atomic E-state index is 12.6. The van der Waals surface area contributed by atoms with Crippen LogP contribution in [0.5, 0.6) is 0 Å². The fourth-order valence-electron chi connectivity index (χ4n) is 4.57. The Bertz CT molecular complexity index is 738. The number of nitrogens with zero attached hydrogens (tertiary/aromatic N) is 2. The van der Waals surface area contributed by atoms with Crippen LogP contribution in [0, 0.1) is 11.8 Å². The molecule has 0 bridgehead atoms. The second-order valence-corrected chi connectivity index (χ2v) is 8.47. The fraction of sp³-hybridized carbons (Fsp3) is 0.636. The zero-order valence-electron chi connectivity index (χ0n) is 17.4. The van der Waals surface area contributed by atoms with E-state index in [-0.39, 0.29) is 0 Å². The molecule has 1 amide bonds. The molecule has 0 aliphatic carbocycles. The van der Waals surface area contributed by atoms with Gasteiger partial charge >= 0.3 is 12.1 Å². The number of amides is 1. The number of carboxylic acid groups (broad SMARTS) is 1. The van der Waals surface area contributed by atoms with E-state index in [1.54, 1.807) is 0 Å². The molecule has 0 saturated carbocycles. The molecule has 31 heavy (non-hydrogen) atoms. The van der Waals surface area contributed by atoms with E-state index in [1.165, 1.54) is 25.8 Å². The standard InChI is InChI=1S/C20H28N2O2.C2HF3O2/c23-20(11-16-5-2-1-3-6-16)22-13-17-8-9-21(12-18(17)14-22)15-19-7-4-10-24-19;3-2(4,5)1(6)7/h1-3,5-6,17-19H,4,7-15H2;(H,6,7)/t17-,18+,19?;/m0./s1. The van der Waals surface area contributed by atoms with Crippen LogP contribution in [-0.2, 0) is 20.7 Å². The van der Waals surface area contributed by atoms with Crippen molar-refractivity contribution in [1.29, 1.82) is 0 Å². The summed E-state index contributed by atoms with van der Waals surface area (Å²) in [7, 11) is 0. The molecule has 0 aromatic heterocycles. The molecule has 0 spiro atoms. The molecule has 1 N–H and O–H groups in total. The Morgan fingerprint density at radius 1 is 1.06 bits per heavy atom. The fourth-order valence-corrected chi connectivity index (χ4v) is 4.57. The average molecular weight is 442 g/mol. The second kappa shape index (κ2) is 10.5. The summed E-state index contributed by atoms with van der Waals surface area (Å²) in [5.41, 5.74) is 1.12. The molecule has 6 nitrogen and oxygen atoms in total. The Hall–Kier alpha value is -2.13. The van der Waals surface area contributed by atoms with E-state index >= 15 is 0 Å². The number of ether oxygens (including phenoxy) is 1. The number of fused-ring (bicyclic) bond motifs is 1. The molecule has 3 aliphatic rings. The highest BCUT2D eigenvalue weighted by Crippen LogP contribution is 2.32. The first-order valence-corrected chi connectivity index (χ1v) is 10.7. The lowest BCUT2D eigenvalue weighted by Crippen LogP contribution is -2.43. The zero-order chi connectivity index (χ0) is 22.4. The van der Waals surface area contributed by atoms with Gasteiger partial charge in [-0.2, -0.15) is 13.2 Å². The first kappa shape index (κ1) is 23.5. The third kappa shape index (κ3) is 6.93. The van der Waals surface area contributed by atoms with Crippen LogP contribution < -0.4 is 0 Å². The van der Waals surface area contributed by atoms with Crippen molar-refractivity contribution in [1.82, 2.24) is 9.80 Å². The average Bonchev–Trinajstić information content (AvgIpc) is 3.38. The van der Waals surface area contributed by atoms with Gasteiger partial charge in [0.25, 0.3) is 0 Å². The van der Waals surface area contributed by atoms with E-state index in [2.05, 4.69) is 9.80 Å². The van der Waals surface area contributed by atoms with Crippen molar-refractivity contribution in [2.45, 2.75) is 38.0 Å². The number of rotatable bonds is 4. The van der Waals surface area contributed by atoms with Crippen LogP contribution in [0.15, 0.2) is 30.3 Å². The highest BCUT2D eigenvalue weighted by atomic mass is 19.4. The quantitative estimate of drug-likeness (QED) is 0.777. The van der Waals surface area contributed by atoms with E-state index in [9.17, 15) is 18.0 Å². The molecular formula is C22H29F3N2O4. The monoisotopic (exact) mass is 442 g/mol. The molecule has 3 atom stereocenters. The van der Waals surface area contributed by atoms with Crippen LogP contribution in [0.2, 0.25) is 0 Å². The lowest BCUT2D eigenvalue weighted by molar-refractivity contribution is -0.192. The second-order valence-electron chi connectivity index (χ2n) is 8.47. The minimum atomic E-state index is -5.08. The van der Waals surface area contributed by atoms with Crippen molar-refractivity contribution in [2.75, 3.05) is 39.3 Å². The maximum absolute atomic E-state index is 12.6. The van der Waals surface area contributed by atoms with Crippen LogP contribution in [0.25, 0.3) is 0 Å². The number of hydrogen-bond donors (Lipinski definition) is 1. The van der Waals surface area contributed by atoms with Gasteiger partial charge in [-0.25, -0.2) is 4.79 Å². The predicted molar refractivity (Wildman–Crippen MR) is 107 cm³/mol. The molecule has 0 radical (unpaired) electrons. The van der Waals surface area contributed by atoms with Crippen molar-refractivity contribution in [3.8, 4) is 0 Å². The number of hydrogen-bond acceptors (Lipinski definition) is 4. The number of carbonyl (C=O) groups excluding carboxylic acids is 1. The highest BCUT2D eigenvalue weighted by molar-refractivity contribution is 5.79. The largest absolute Gasteiger partial charge is 0.490 e. The molecule has 4 rings (SSSR count). The van der Waals surface area contributed by atoms with Gasteiger partial charge in [0.05, 0.1) is 12.5 Å². The van der Waals surface area contributed by atoms with E-state index in [0.29, 0.717) is 30.3 Å². The number of halogens is 3. The maximum Gasteiger partial charge on any atom is 0.490 e. The third-order valence-corrected chi connectivity index (χ3v) is 6.16. The number of likely N-dealkylation sites (tertiary alicyclic amines) is 2. The summed E-state index contributed by atoms with van der Waals surface area (Å²) in [4.78, 5) is 26.2.